The van der Waals surface area contributed by atoms with Crippen molar-refractivity contribution in [2.24, 2.45) is 0 Å². The second-order valence-electron chi connectivity index (χ2n) is 3.77. The molecule has 0 aromatic rings. The van der Waals surface area contributed by atoms with Crippen molar-refractivity contribution in [2.75, 3.05) is 19.6 Å². The third-order valence-corrected chi connectivity index (χ3v) is 2.47. The molecule has 1 atom stereocenters. The van der Waals surface area contributed by atoms with Crippen molar-refractivity contribution in [1.82, 2.24) is 10.2 Å². The fraction of sp³-hybridized carbons (Fsp3) is 1.00. The Bertz CT molecular complexity index is 112. The monoisotopic (exact) mass is 156 g/mol. The fourth-order valence-corrected chi connectivity index (χ4v) is 1.54. The van der Waals surface area contributed by atoms with Crippen LogP contribution in [0.5, 0.6) is 0 Å². The number of nitrogens with one attached hydrogen (secondary N) is 1. The summed E-state index contributed by atoms with van der Waals surface area (Å²) in [7, 11) is 0. The van der Waals surface area contributed by atoms with Crippen LogP contribution in [0.15, 0.2) is 0 Å². The minimum atomic E-state index is 0.707. The molecule has 0 saturated carbocycles. The average molecular weight is 156 g/mol. The Morgan fingerprint density at radius 1 is 1.36 bits per heavy atom. The van der Waals surface area contributed by atoms with E-state index in [0.717, 1.165) is 6.54 Å². The Morgan fingerprint density at radius 2 is 2.09 bits per heavy atom. The van der Waals surface area contributed by atoms with E-state index in [9.17, 15) is 0 Å². The third-order valence-electron chi connectivity index (χ3n) is 2.47. The Hall–Kier alpha value is -0.0800. The minimum absolute atomic E-state index is 0.707. The number of hydrogen-bond donors (Lipinski definition) is 1. The molecule has 1 heterocycles. The van der Waals surface area contributed by atoms with E-state index >= 15 is 0 Å². The molecule has 0 spiro atoms. The Morgan fingerprint density at radius 3 is 2.73 bits per heavy atom. The summed E-state index contributed by atoms with van der Waals surface area (Å²) in [5.41, 5.74) is 0. The standard InChI is InChI=1S/C9H20N2/c1-8(2)11-6-4-9(3)10-5-7-11/h8-10H,4-7H2,1-3H3/t9-/m0/s1. The molecule has 0 radical (unpaired) electrons. The molecule has 0 aromatic heterocycles. The lowest BCUT2D eigenvalue weighted by atomic mass is 10.2. The molecular weight excluding hydrogens is 136 g/mol. The molecule has 1 rings (SSSR count). The maximum atomic E-state index is 3.49. The van der Waals surface area contributed by atoms with E-state index in [1.54, 1.807) is 0 Å². The zero-order chi connectivity index (χ0) is 8.27. The second kappa shape index (κ2) is 4.07. The lowest BCUT2D eigenvalue weighted by Gasteiger charge is -2.23. The summed E-state index contributed by atoms with van der Waals surface area (Å²) in [5.74, 6) is 0. The van der Waals surface area contributed by atoms with Crippen LogP contribution in [0, 0.1) is 0 Å². The first-order valence-corrected chi connectivity index (χ1v) is 4.67. The zero-order valence-corrected chi connectivity index (χ0v) is 7.93. The fourth-order valence-electron chi connectivity index (χ4n) is 1.54. The van der Waals surface area contributed by atoms with Crippen molar-refractivity contribution in [3.05, 3.63) is 0 Å². The van der Waals surface area contributed by atoms with Gasteiger partial charge in [0.05, 0.1) is 0 Å². The molecule has 0 amide bonds. The first-order valence-electron chi connectivity index (χ1n) is 4.67. The zero-order valence-electron chi connectivity index (χ0n) is 7.93. The first-order chi connectivity index (χ1) is 5.20. The van der Waals surface area contributed by atoms with Gasteiger partial charge < -0.3 is 5.32 Å². The van der Waals surface area contributed by atoms with E-state index in [1.165, 1.54) is 19.5 Å². The van der Waals surface area contributed by atoms with Crippen molar-refractivity contribution in [1.29, 1.82) is 0 Å². The van der Waals surface area contributed by atoms with E-state index in [2.05, 4.69) is 31.0 Å². The highest BCUT2D eigenvalue weighted by molar-refractivity contribution is 4.73. The van der Waals surface area contributed by atoms with Gasteiger partial charge in [0, 0.05) is 25.2 Å². The SMILES string of the molecule is CC(C)N1CCN[C@@H](C)CC1. The van der Waals surface area contributed by atoms with Crippen LogP contribution >= 0.6 is 0 Å². The molecule has 2 nitrogen and oxygen atoms in total. The predicted octanol–water partition coefficient (Wildman–Crippen LogP) is 1.08. The van der Waals surface area contributed by atoms with E-state index < -0.39 is 0 Å². The Kier molecular flexibility index (Phi) is 3.34. The highest BCUT2D eigenvalue weighted by Crippen LogP contribution is 2.04. The molecule has 0 aliphatic carbocycles. The maximum Gasteiger partial charge on any atom is 0.0110 e. The van der Waals surface area contributed by atoms with Gasteiger partial charge in [-0.1, -0.05) is 0 Å². The van der Waals surface area contributed by atoms with Gasteiger partial charge in [-0.2, -0.15) is 0 Å². The van der Waals surface area contributed by atoms with Crippen molar-refractivity contribution >= 4 is 0 Å². The van der Waals surface area contributed by atoms with Gasteiger partial charge in [-0.3, -0.25) is 4.90 Å². The van der Waals surface area contributed by atoms with Crippen LogP contribution < -0.4 is 5.32 Å². The summed E-state index contributed by atoms with van der Waals surface area (Å²) in [5, 5.41) is 3.49. The molecule has 1 saturated heterocycles. The van der Waals surface area contributed by atoms with Crippen molar-refractivity contribution in [3.8, 4) is 0 Å². The van der Waals surface area contributed by atoms with Crippen molar-refractivity contribution < 1.29 is 0 Å². The topological polar surface area (TPSA) is 15.3 Å². The summed E-state index contributed by atoms with van der Waals surface area (Å²) in [6.45, 7) is 10.4. The van der Waals surface area contributed by atoms with Gasteiger partial charge in [0.15, 0.2) is 0 Å². The molecule has 1 aliphatic heterocycles. The van der Waals surface area contributed by atoms with Crippen LogP contribution in [0.25, 0.3) is 0 Å². The number of rotatable bonds is 1. The molecule has 11 heavy (non-hydrogen) atoms. The summed E-state index contributed by atoms with van der Waals surface area (Å²) in [4.78, 5) is 2.54. The van der Waals surface area contributed by atoms with Gasteiger partial charge in [-0.25, -0.2) is 0 Å². The lowest BCUT2D eigenvalue weighted by Crippen LogP contribution is -2.34. The molecule has 1 fully saturated rings. The third kappa shape index (κ3) is 2.80. The smallest absolute Gasteiger partial charge is 0.0110 e. The van der Waals surface area contributed by atoms with Crippen LogP contribution in [-0.4, -0.2) is 36.6 Å². The van der Waals surface area contributed by atoms with Crippen LogP contribution in [0.2, 0.25) is 0 Å². The Labute approximate surface area is 70.0 Å². The molecule has 66 valence electrons. The highest BCUT2D eigenvalue weighted by Gasteiger charge is 2.14. The largest absolute Gasteiger partial charge is 0.313 e. The van der Waals surface area contributed by atoms with Gasteiger partial charge in [0.25, 0.3) is 0 Å². The lowest BCUT2D eigenvalue weighted by molar-refractivity contribution is 0.236. The summed E-state index contributed by atoms with van der Waals surface area (Å²) < 4.78 is 0. The number of nitrogens with zero attached hydrogens (tertiary/aromatic N) is 1. The average Bonchev–Trinajstić information content (AvgIpc) is 2.13. The van der Waals surface area contributed by atoms with Crippen LogP contribution in [0.4, 0.5) is 0 Å². The van der Waals surface area contributed by atoms with E-state index in [0.29, 0.717) is 12.1 Å². The predicted molar refractivity (Wildman–Crippen MR) is 48.8 cm³/mol. The van der Waals surface area contributed by atoms with Crippen LogP contribution in [0.1, 0.15) is 27.2 Å². The maximum absolute atomic E-state index is 3.49. The van der Waals surface area contributed by atoms with Gasteiger partial charge in [0.2, 0.25) is 0 Å². The summed E-state index contributed by atoms with van der Waals surface area (Å²) >= 11 is 0. The van der Waals surface area contributed by atoms with Gasteiger partial charge >= 0.3 is 0 Å². The molecular formula is C9H20N2. The van der Waals surface area contributed by atoms with Crippen LogP contribution in [0.3, 0.4) is 0 Å². The molecule has 1 aliphatic rings. The summed E-state index contributed by atoms with van der Waals surface area (Å²) in [6.07, 6.45) is 1.29. The number of hydrogen-bond acceptors (Lipinski definition) is 2. The van der Waals surface area contributed by atoms with E-state index in [4.69, 9.17) is 0 Å². The van der Waals surface area contributed by atoms with Gasteiger partial charge in [0.1, 0.15) is 0 Å². The molecule has 2 heteroatoms. The highest BCUT2D eigenvalue weighted by atomic mass is 15.2. The van der Waals surface area contributed by atoms with E-state index in [1.807, 2.05) is 0 Å². The minimum Gasteiger partial charge on any atom is -0.313 e. The normalized spacial score (nSPS) is 28.9. The molecule has 1 N–H and O–H groups in total. The molecule has 0 aromatic carbocycles. The first kappa shape index (κ1) is 9.01. The molecule has 0 bridgehead atoms. The van der Waals surface area contributed by atoms with E-state index in [-0.39, 0.29) is 0 Å². The van der Waals surface area contributed by atoms with Gasteiger partial charge in [-0.15, -0.1) is 0 Å². The van der Waals surface area contributed by atoms with Crippen LogP contribution in [-0.2, 0) is 0 Å². The van der Waals surface area contributed by atoms with Crippen molar-refractivity contribution in [2.45, 2.75) is 39.3 Å². The Balaban J connectivity index is 2.34. The molecule has 0 unspecified atom stereocenters. The summed E-state index contributed by atoms with van der Waals surface area (Å²) in [6, 6.07) is 1.42. The quantitative estimate of drug-likeness (QED) is 0.611. The van der Waals surface area contributed by atoms with Crippen molar-refractivity contribution in [3.63, 3.8) is 0 Å². The second-order valence-corrected chi connectivity index (χ2v) is 3.77. The van der Waals surface area contributed by atoms with Gasteiger partial charge in [-0.05, 0) is 33.7 Å².